The molecule has 0 fully saturated rings. The van der Waals surface area contributed by atoms with Crippen molar-refractivity contribution in [3.05, 3.63) is 35.9 Å². The number of hydrogen-bond acceptors (Lipinski definition) is 3. The number of carbonyl (C=O) groups is 1. The van der Waals surface area contributed by atoms with E-state index in [1.165, 1.54) is 5.56 Å². The van der Waals surface area contributed by atoms with Gasteiger partial charge < -0.3 is 15.4 Å². The normalized spacial score (nSPS) is 10.4. The fraction of sp³-hybridized carbons (Fsp3) is 0.588. The zero-order valence-electron chi connectivity index (χ0n) is 13.7. The molecule has 0 heterocycles. The summed E-state index contributed by atoms with van der Waals surface area (Å²) >= 11 is 0. The van der Waals surface area contributed by atoms with Crippen LogP contribution in [0.4, 0.5) is 0 Å². The molecule has 22 heavy (non-hydrogen) atoms. The fourth-order valence-corrected chi connectivity index (χ4v) is 2.06. The first kappa shape index (κ1) is 20.9. The molecule has 1 rings (SSSR count). The second kappa shape index (κ2) is 12.4. The molecule has 0 radical (unpaired) electrons. The average Bonchev–Trinajstić information content (AvgIpc) is 2.48. The molecule has 1 amide bonds. The molecule has 0 saturated carbocycles. The van der Waals surface area contributed by atoms with Gasteiger partial charge in [-0.1, -0.05) is 44.2 Å². The van der Waals surface area contributed by atoms with Crippen LogP contribution in [-0.4, -0.2) is 43.7 Å². The van der Waals surface area contributed by atoms with E-state index >= 15 is 0 Å². The van der Waals surface area contributed by atoms with Crippen LogP contribution in [0.25, 0.3) is 0 Å². The Morgan fingerprint density at radius 3 is 2.50 bits per heavy atom. The van der Waals surface area contributed by atoms with Crippen LogP contribution >= 0.6 is 12.4 Å². The van der Waals surface area contributed by atoms with E-state index in [0.29, 0.717) is 45.2 Å². The molecule has 2 N–H and O–H groups in total. The van der Waals surface area contributed by atoms with Gasteiger partial charge in [0, 0.05) is 26.2 Å². The number of nitrogens with two attached hydrogens (primary N) is 1. The lowest BCUT2D eigenvalue weighted by Crippen LogP contribution is -2.37. The summed E-state index contributed by atoms with van der Waals surface area (Å²) < 4.78 is 5.48. The number of amides is 1. The van der Waals surface area contributed by atoms with Crippen molar-refractivity contribution in [2.75, 3.05) is 32.8 Å². The second-order valence-electron chi connectivity index (χ2n) is 5.62. The van der Waals surface area contributed by atoms with Gasteiger partial charge in [-0.05, 0) is 17.9 Å². The highest BCUT2D eigenvalue weighted by Gasteiger charge is 2.12. The van der Waals surface area contributed by atoms with Crippen LogP contribution in [0.2, 0.25) is 0 Å². The molecule has 126 valence electrons. The van der Waals surface area contributed by atoms with Gasteiger partial charge in [-0.15, -0.1) is 12.4 Å². The highest BCUT2D eigenvalue weighted by atomic mass is 35.5. The zero-order chi connectivity index (χ0) is 15.5. The van der Waals surface area contributed by atoms with Crippen LogP contribution in [0.1, 0.15) is 25.8 Å². The Morgan fingerprint density at radius 2 is 1.91 bits per heavy atom. The Morgan fingerprint density at radius 1 is 1.23 bits per heavy atom. The van der Waals surface area contributed by atoms with Crippen molar-refractivity contribution < 1.29 is 9.53 Å². The van der Waals surface area contributed by atoms with Gasteiger partial charge in [0.1, 0.15) is 0 Å². The van der Waals surface area contributed by atoms with E-state index in [1.807, 2.05) is 23.1 Å². The maximum Gasteiger partial charge on any atom is 0.224 e. The summed E-state index contributed by atoms with van der Waals surface area (Å²) in [5.74, 6) is 0.624. The molecule has 0 saturated heterocycles. The predicted octanol–water partition coefficient (Wildman–Crippen LogP) is 2.50. The molecule has 0 aliphatic heterocycles. The van der Waals surface area contributed by atoms with Crippen molar-refractivity contribution in [2.45, 2.75) is 26.7 Å². The third-order valence-corrected chi connectivity index (χ3v) is 3.18. The number of hydrogen-bond donors (Lipinski definition) is 1. The second-order valence-corrected chi connectivity index (χ2v) is 5.62. The molecule has 0 aliphatic rings. The van der Waals surface area contributed by atoms with Gasteiger partial charge >= 0.3 is 0 Å². The summed E-state index contributed by atoms with van der Waals surface area (Å²) in [5.41, 5.74) is 6.84. The van der Waals surface area contributed by atoms with Crippen LogP contribution < -0.4 is 5.73 Å². The van der Waals surface area contributed by atoms with Crippen molar-refractivity contribution in [3.8, 4) is 0 Å². The van der Waals surface area contributed by atoms with Crippen LogP contribution in [0.3, 0.4) is 0 Å². The Hall–Kier alpha value is -1.10. The Balaban J connectivity index is 0.00000441. The summed E-state index contributed by atoms with van der Waals surface area (Å²) in [6.45, 7) is 7.20. The molecule has 0 aromatic heterocycles. The lowest BCUT2D eigenvalue weighted by molar-refractivity contribution is -0.132. The Labute approximate surface area is 140 Å². The minimum absolute atomic E-state index is 0. The van der Waals surface area contributed by atoms with E-state index in [1.54, 1.807) is 0 Å². The molecule has 0 bridgehead atoms. The number of ether oxygens (including phenoxy) is 1. The molecule has 0 unspecified atom stereocenters. The zero-order valence-corrected chi connectivity index (χ0v) is 14.5. The van der Waals surface area contributed by atoms with Gasteiger partial charge in [0.15, 0.2) is 0 Å². The van der Waals surface area contributed by atoms with Crippen LogP contribution in [0, 0.1) is 5.92 Å². The molecule has 5 heteroatoms. The fourth-order valence-electron chi connectivity index (χ4n) is 2.06. The standard InChI is InChI=1S/C17H28N2O2.ClH/c1-15(2)14-21-13-9-17(20)19(12-10-18)11-8-16-6-4-3-5-7-16;/h3-7,15H,8-14,18H2,1-2H3;1H. The summed E-state index contributed by atoms with van der Waals surface area (Å²) in [4.78, 5) is 14.0. The molecular formula is C17H29ClN2O2. The van der Waals surface area contributed by atoms with Gasteiger partial charge in [-0.3, -0.25) is 4.79 Å². The largest absolute Gasteiger partial charge is 0.381 e. The number of carbonyl (C=O) groups excluding carboxylic acids is 1. The van der Waals surface area contributed by atoms with Crippen molar-refractivity contribution in [1.29, 1.82) is 0 Å². The summed E-state index contributed by atoms with van der Waals surface area (Å²) in [5, 5.41) is 0. The molecule has 0 atom stereocenters. The van der Waals surface area contributed by atoms with Gasteiger partial charge in [0.05, 0.1) is 13.0 Å². The van der Waals surface area contributed by atoms with Crippen molar-refractivity contribution in [1.82, 2.24) is 4.90 Å². The minimum Gasteiger partial charge on any atom is -0.381 e. The minimum atomic E-state index is 0. The third-order valence-electron chi connectivity index (χ3n) is 3.18. The maximum atomic E-state index is 12.2. The number of rotatable bonds is 10. The maximum absolute atomic E-state index is 12.2. The number of benzene rings is 1. The van der Waals surface area contributed by atoms with E-state index in [2.05, 4.69) is 26.0 Å². The van der Waals surface area contributed by atoms with E-state index in [9.17, 15) is 4.79 Å². The van der Waals surface area contributed by atoms with Crippen LogP contribution in [0.15, 0.2) is 30.3 Å². The topological polar surface area (TPSA) is 55.6 Å². The molecule has 0 aliphatic carbocycles. The third kappa shape index (κ3) is 9.03. The van der Waals surface area contributed by atoms with Crippen molar-refractivity contribution >= 4 is 18.3 Å². The molecule has 1 aromatic carbocycles. The lowest BCUT2D eigenvalue weighted by Gasteiger charge is -2.22. The monoisotopic (exact) mass is 328 g/mol. The number of nitrogens with zero attached hydrogens (tertiary/aromatic N) is 1. The van der Waals surface area contributed by atoms with Gasteiger partial charge in [-0.25, -0.2) is 0 Å². The smallest absolute Gasteiger partial charge is 0.224 e. The van der Waals surface area contributed by atoms with Gasteiger partial charge in [0.25, 0.3) is 0 Å². The van der Waals surface area contributed by atoms with Crippen LogP contribution in [0.5, 0.6) is 0 Å². The van der Waals surface area contributed by atoms with E-state index < -0.39 is 0 Å². The lowest BCUT2D eigenvalue weighted by atomic mass is 10.1. The first-order valence-electron chi connectivity index (χ1n) is 7.73. The molecule has 1 aromatic rings. The average molecular weight is 329 g/mol. The first-order valence-corrected chi connectivity index (χ1v) is 7.73. The van der Waals surface area contributed by atoms with Crippen molar-refractivity contribution in [2.24, 2.45) is 11.7 Å². The highest BCUT2D eigenvalue weighted by molar-refractivity contribution is 5.85. The Kier molecular flexibility index (Phi) is 11.8. The first-order chi connectivity index (χ1) is 10.1. The quantitative estimate of drug-likeness (QED) is 0.671. The molecular weight excluding hydrogens is 300 g/mol. The number of halogens is 1. The van der Waals surface area contributed by atoms with Gasteiger partial charge in [0.2, 0.25) is 5.91 Å². The molecule has 0 spiro atoms. The van der Waals surface area contributed by atoms with Gasteiger partial charge in [-0.2, -0.15) is 0 Å². The Bertz CT molecular complexity index is 399. The van der Waals surface area contributed by atoms with Crippen molar-refractivity contribution in [3.63, 3.8) is 0 Å². The summed E-state index contributed by atoms with van der Waals surface area (Å²) in [6.07, 6.45) is 1.29. The summed E-state index contributed by atoms with van der Waals surface area (Å²) in [6, 6.07) is 10.2. The van der Waals surface area contributed by atoms with E-state index in [0.717, 1.165) is 6.42 Å². The van der Waals surface area contributed by atoms with Crippen LogP contribution in [-0.2, 0) is 16.0 Å². The highest BCUT2D eigenvalue weighted by Crippen LogP contribution is 2.03. The molecule has 4 nitrogen and oxygen atoms in total. The van der Waals surface area contributed by atoms with E-state index in [4.69, 9.17) is 10.5 Å². The van der Waals surface area contributed by atoms with E-state index in [-0.39, 0.29) is 18.3 Å². The predicted molar refractivity (Wildman–Crippen MR) is 93.3 cm³/mol. The summed E-state index contributed by atoms with van der Waals surface area (Å²) in [7, 11) is 0. The SMILES string of the molecule is CC(C)COCCC(=O)N(CCN)CCc1ccccc1.Cl.